The van der Waals surface area contributed by atoms with Gasteiger partial charge < -0.3 is 10.4 Å². The van der Waals surface area contributed by atoms with Gasteiger partial charge in [-0.25, -0.2) is 0 Å². The lowest BCUT2D eigenvalue weighted by molar-refractivity contribution is 0.130. The molecule has 4 unspecified atom stereocenters. The van der Waals surface area contributed by atoms with Crippen molar-refractivity contribution in [2.45, 2.75) is 44.9 Å². The van der Waals surface area contributed by atoms with Crippen LogP contribution in [0.5, 0.6) is 0 Å². The van der Waals surface area contributed by atoms with E-state index in [4.69, 9.17) is 0 Å². The Labute approximate surface area is 86.5 Å². The molecule has 3 heteroatoms. The molecule has 2 heterocycles. The van der Waals surface area contributed by atoms with Crippen LogP contribution in [0.3, 0.4) is 0 Å². The van der Waals surface area contributed by atoms with Crippen molar-refractivity contribution in [3.63, 3.8) is 0 Å². The first-order valence-electron chi connectivity index (χ1n) is 5.83. The molecule has 2 rings (SSSR count). The molecule has 14 heavy (non-hydrogen) atoms. The number of nitrogens with one attached hydrogen (secondary N) is 1. The van der Waals surface area contributed by atoms with Crippen molar-refractivity contribution in [2.75, 3.05) is 19.6 Å². The fraction of sp³-hybridized carbons (Fsp3) is 1.00. The number of hydrogen-bond acceptors (Lipinski definition) is 3. The van der Waals surface area contributed by atoms with E-state index in [1.165, 1.54) is 13.0 Å². The molecule has 0 aromatic heterocycles. The monoisotopic (exact) mass is 198 g/mol. The van der Waals surface area contributed by atoms with Crippen molar-refractivity contribution < 1.29 is 5.11 Å². The summed E-state index contributed by atoms with van der Waals surface area (Å²) < 4.78 is 0. The molecule has 82 valence electrons. The first-order valence-corrected chi connectivity index (χ1v) is 5.83. The highest BCUT2D eigenvalue weighted by atomic mass is 16.3. The third-order valence-corrected chi connectivity index (χ3v) is 3.90. The maximum absolute atomic E-state index is 9.60. The van der Waals surface area contributed by atoms with Crippen molar-refractivity contribution in [3.05, 3.63) is 0 Å². The van der Waals surface area contributed by atoms with Crippen LogP contribution in [-0.4, -0.2) is 47.8 Å². The summed E-state index contributed by atoms with van der Waals surface area (Å²) in [4.78, 5) is 2.47. The van der Waals surface area contributed by atoms with Crippen molar-refractivity contribution in [1.82, 2.24) is 10.2 Å². The lowest BCUT2D eigenvalue weighted by Crippen LogP contribution is -2.41. The second-order valence-electron chi connectivity index (χ2n) is 4.93. The van der Waals surface area contributed by atoms with Gasteiger partial charge >= 0.3 is 0 Å². The average molecular weight is 198 g/mol. The van der Waals surface area contributed by atoms with Crippen LogP contribution >= 0.6 is 0 Å². The summed E-state index contributed by atoms with van der Waals surface area (Å²) in [5, 5.41) is 13.0. The Bertz CT molecular complexity index is 192. The quantitative estimate of drug-likeness (QED) is 0.676. The van der Waals surface area contributed by atoms with Gasteiger partial charge in [0.2, 0.25) is 0 Å². The van der Waals surface area contributed by atoms with Crippen LogP contribution in [0.4, 0.5) is 0 Å². The highest BCUT2D eigenvalue weighted by molar-refractivity contribution is 4.90. The Hall–Kier alpha value is -0.120. The third kappa shape index (κ3) is 1.95. The summed E-state index contributed by atoms with van der Waals surface area (Å²) in [5.41, 5.74) is 0. The molecule has 3 nitrogen and oxygen atoms in total. The van der Waals surface area contributed by atoms with Crippen LogP contribution in [0, 0.1) is 5.92 Å². The molecule has 2 N–H and O–H groups in total. The highest BCUT2D eigenvalue weighted by Gasteiger charge is 2.34. The molecule has 0 radical (unpaired) electrons. The lowest BCUT2D eigenvalue weighted by atomic mass is 9.98. The Morgan fingerprint density at radius 1 is 1.50 bits per heavy atom. The zero-order valence-corrected chi connectivity index (χ0v) is 9.24. The SMILES string of the molecule is CC1CC(O)CN1C(C)C1CCNC1. The van der Waals surface area contributed by atoms with E-state index in [9.17, 15) is 5.11 Å². The Morgan fingerprint density at radius 3 is 2.79 bits per heavy atom. The molecule has 0 aliphatic carbocycles. The normalized spacial score (nSPS) is 41.8. The standard InChI is InChI=1S/C11H22N2O/c1-8-5-11(14)7-13(8)9(2)10-3-4-12-6-10/h8-12,14H,3-7H2,1-2H3. The number of nitrogens with zero attached hydrogens (tertiary/aromatic N) is 1. The maximum Gasteiger partial charge on any atom is 0.0682 e. The fourth-order valence-electron chi connectivity index (χ4n) is 2.95. The Kier molecular flexibility index (Phi) is 3.10. The topological polar surface area (TPSA) is 35.5 Å². The molecule has 0 amide bonds. The van der Waals surface area contributed by atoms with E-state index in [1.807, 2.05) is 0 Å². The van der Waals surface area contributed by atoms with Crippen molar-refractivity contribution in [1.29, 1.82) is 0 Å². The minimum atomic E-state index is -0.0955. The van der Waals surface area contributed by atoms with Crippen LogP contribution in [-0.2, 0) is 0 Å². The average Bonchev–Trinajstić information content (AvgIpc) is 2.73. The molecule has 2 fully saturated rings. The third-order valence-electron chi connectivity index (χ3n) is 3.90. The number of hydrogen-bond donors (Lipinski definition) is 2. The molecule has 0 bridgehead atoms. The molecule has 2 aliphatic heterocycles. The van der Waals surface area contributed by atoms with Gasteiger partial charge in [-0.3, -0.25) is 4.90 Å². The molecule has 2 saturated heterocycles. The Morgan fingerprint density at radius 2 is 2.29 bits per heavy atom. The van der Waals surface area contributed by atoms with Gasteiger partial charge in [-0.15, -0.1) is 0 Å². The van der Waals surface area contributed by atoms with E-state index in [0.717, 1.165) is 25.4 Å². The zero-order chi connectivity index (χ0) is 10.1. The maximum atomic E-state index is 9.60. The molecule has 4 atom stereocenters. The van der Waals surface area contributed by atoms with E-state index in [2.05, 4.69) is 24.1 Å². The van der Waals surface area contributed by atoms with Crippen LogP contribution < -0.4 is 5.32 Å². The fourth-order valence-corrected chi connectivity index (χ4v) is 2.95. The summed E-state index contributed by atoms with van der Waals surface area (Å²) >= 11 is 0. The van der Waals surface area contributed by atoms with E-state index in [1.54, 1.807) is 0 Å². The van der Waals surface area contributed by atoms with Gasteiger partial charge in [0.05, 0.1) is 6.10 Å². The number of aliphatic hydroxyl groups excluding tert-OH is 1. The van der Waals surface area contributed by atoms with Crippen molar-refractivity contribution in [2.24, 2.45) is 5.92 Å². The summed E-state index contributed by atoms with van der Waals surface area (Å²) in [5.74, 6) is 0.780. The van der Waals surface area contributed by atoms with Gasteiger partial charge in [0.25, 0.3) is 0 Å². The van der Waals surface area contributed by atoms with Crippen molar-refractivity contribution in [3.8, 4) is 0 Å². The van der Waals surface area contributed by atoms with Crippen LogP contribution in [0.25, 0.3) is 0 Å². The molecule has 2 aliphatic rings. The van der Waals surface area contributed by atoms with Gasteiger partial charge in [-0.1, -0.05) is 0 Å². The number of rotatable bonds is 2. The summed E-state index contributed by atoms with van der Waals surface area (Å²) in [6, 6.07) is 1.18. The van der Waals surface area contributed by atoms with Gasteiger partial charge in [0, 0.05) is 18.6 Å². The van der Waals surface area contributed by atoms with Gasteiger partial charge in [0.1, 0.15) is 0 Å². The minimum Gasteiger partial charge on any atom is -0.392 e. The number of aliphatic hydroxyl groups is 1. The summed E-state index contributed by atoms with van der Waals surface area (Å²) in [6.07, 6.45) is 2.15. The molecular formula is C11H22N2O. The predicted octanol–water partition coefficient (Wildman–Crippen LogP) is 0.439. The first kappa shape index (κ1) is 10.4. The van der Waals surface area contributed by atoms with E-state index in [-0.39, 0.29) is 6.10 Å². The van der Waals surface area contributed by atoms with E-state index in [0.29, 0.717) is 12.1 Å². The molecule has 0 spiro atoms. The number of β-amino-alcohol motifs (C(OH)–C–C–N with tert-alkyl or cyclic N) is 1. The van der Waals surface area contributed by atoms with E-state index < -0.39 is 0 Å². The first-order chi connectivity index (χ1) is 6.68. The Balaban J connectivity index is 1.93. The lowest BCUT2D eigenvalue weighted by Gasteiger charge is -2.32. The zero-order valence-electron chi connectivity index (χ0n) is 9.24. The minimum absolute atomic E-state index is 0.0955. The molecule has 0 aromatic rings. The summed E-state index contributed by atoms with van der Waals surface area (Å²) in [7, 11) is 0. The second-order valence-corrected chi connectivity index (χ2v) is 4.93. The van der Waals surface area contributed by atoms with Gasteiger partial charge in [0.15, 0.2) is 0 Å². The molecular weight excluding hydrogens is 176 g/mol. The van der Waals surface area contributed by atoms with Crippen LogP contribution in [0.1, 0.15) is 26.7 Å². The largest absolute Gasteiger partial charge is 0.392 e. The highest BCUT2D eigenvalue weighted by Crippen LogP contribution is 2.26. The van der Waals surface area contributed by atoms with Crippen LogP contribution in [0.2, 0.25) is 0 Å². The van der Waals surface area contributed by atoms with Gasteiger partial charge in [-0.05, 0) is 45.7 Å². The smallest absolute Gasteiger partial charge is 0.0682 e. The molecule has 0 aromatic carbocycles. The second kappa shape index (κ2) is 4.17. The summed E-state index contributed by atoms with van der Waals surface area (Å²) in [6.45, 7) is 7.74. The van der Waals surface area contributed by atoms with Crippen molar-refractivity contribution >= 4 is 0 Å². The molecule has 0 saturated carbocycles. The number of likely N-dealkylation sites (tertiary alicyclic amines) is 1. The predicted molar refractivity (Wildman–Crippen MR) is 57.2 cm³/mol. The van der Waals surface area contributed by atoms with Crippen LogP contribution in [0.15, 0.2) is 0 Å². The van der Waals surface area contributed by atoms with E-state index >= 15 is 0 Å². The van der Waals surface area contributed by atoms with Gasteiger partial charge in [-0.2, -0.15) is 0 Å².